The summed E-state index contributed by atoms with van der Waals surface area (Å²) in [6.07, 6.45) is 6.11. The molecule has 1 aliphatic carbocycles. The van der Waals surface area contributed by atoms with Gasteiger partial charge in [-0.1, -0.05) is 32.0 Å². The summed E-state index contributed by atoms with van der Waals surface area (Å²) < 4.78 is 5.75. The predicted molar refractivity (Wildman–Crippen MR) is 129 cm³/mol. The number of carbonyl (C=O) groups excluding carboxylic acids is 1. The Bertz CT molecular complexity index is 1050. The van der Waals surface area contributed by atoms with Gasteiger partial charge in [0.25, 0.3) is 5.91 Å². The number of nitrogens with zero attached hydrogens (tertiary/aromatic N) is 1. The average molecular weight is 433 g/mol. The molecule has 5 heteroatoms. The van der Waals surface area contributed by atoms with Crippen molar-refractivity contribution < 1.29 is 9.53 Å². The number of aryl methyl sites for hydroxylation is 1. The summed E-state index contributed by atoms with van der Waals surface area (Å²) in [4.78, 5) is 19.2. The maximum Gasteiger partial charge on any atom is 0.259 e. The van der Waals surface area contributed by atoms with Crippen LogP contribution in [-0.4, -0.2) is 18.7 Å². The van der Waals surface area contributed by atoms with Crippen LogP contribution in [0.3, 0.4) is 0 Å². The number of nitrogens with one attached hydrogen (secondary N) is 1. The Hall–Kier alpha value is -2.92. The number of benzene rings is 2. The van der Waals surface area contributed by atoms with Gasteiger partial charge < -0.3 is 10.1 Å². The molecule has 2 aromatic carbocycles. The molecule has 0 bridgehead atoms. The quantitative estimate of drug-likeness (QED) is 0.424. The summed E-state index contributed by atoms with van der Waals surface area (Å²) in [5.41, 5.74) is 3.69. The number of hydrogen-bond donors (Lipinski definition) is 1. The highest BCUT2D eigenvalue weighted by molar-refractivity contribution is 7.16. The van der Waals surface area contributed by atoms with Gasteiger partial charge in [-0.3, -0.25) is 4.79 Å². The van der Waals surface area contributed by atoms with E-state index in [0.717, 1.165) is 46.8 Å². The molecule has 0 atom stereocenters. The maximum absolute atomic E-state index is 13.2. The zero-order valence-electron chi connectivity index (χ0n) is 18.1. The fourth-order valence-corrected chi connectivity index (χ4v) is 4.87. The van der Waals surface area contributed by atoms with Crippen molar-refractivity contribution in [2.75, 3.05) is 11.9 Å². The van der Waals surface area contributed by atoms with Crippen LogP contribution in [0.5, 0.6) is 5.75 Å². The van der Waals surface area contributed by atoms with E-state index in [0.29, 0.717) is 12.5 Å². The first-order chi connectivity index (χ1) is 15.1. The Morgan fingerprint density at radius 3 is 2.58 bits per heavy atom. The third-order valence-corrected chi connectivity index (χ3v) is 6.41. The van der Waals surface area contributed by atoms with Gasteiger partial charge in [0.2, 0.25) is 0 Å². The number of amides is 1. The van der Waals surface area contributed by atoms with E-state index in [1.54, 1.807) is 11.3 Å². The summed E-state index contributed by atoms with van der Waals surface area (Å²) in [6, 6.07) is 17.5. The first-order valence-corrected chi connectivity index (χ1v) is 11.7. The molecule has 160 valence electrons. The average Bonchev–Trinajstić information content (AvgIpc) is 3.16. The number of carbonyl (C=O) groups is 1. The monoisotopic (exact) mass is 432 g/mol. The zero-order valence-corrected chi connectivity index (χ0v) is 18.9. The van der Waals surface area contributed by atoms with Crippen molar-refractivity contribution in [3.05, 3.63) is 76.2 Å². The van der Waals surface area contributed by atoms with Gasteiger partial charge in [-0.2, -0.15) is 0 Å². The number of ether oxygens (including phenoxy) is 1. The molecular weight excluding hydrogens is 404 g/mol. The highest BCUT2D eigenvalue weighted by atomic mass is 32.1. The first kappa shape index (κ1) is 21.3. The Morgan fingerprint density at radius 1 is 1.10 bits per heavy atom. The van der Waals surface area contributed by atoms with Crippen LogP contribution < -0.4 is 10.1 Å². The van der Waals surface area contributed by atoms with Crippen molar-refractivity contribution in [1.82, 2.24) is 0 Å². The minimum Gasteiger partial charge on any atom is -0.493 e. The molecule has 0 spiro atoms. The van der Waals surface area contributed by atoms with E-state index in [1.165, 1.54) is 16.9 Å². The maximum atomic E-state index is 13.2. The third kappa shape index (κ3) is 5.42. The Balaban J connectivity index is 1.56. The van der Waals surface area contributed by atoms with Gasteiger partial charge in [0.15, 0.2) is 0 Å². The smallest absolute Gasteiger partial charge is 0.259 e. The molecule has 3 aromatic rings. The molecule has 0 radical (unpaired) electrons. The van der Waals surface area contributed by atoms with Crippen molar-refractivity contribution in [2.45, 2.75) is 39.5 Å². The van der Waals surface area contributed by atoms with E-state index in [9.17, 15) is 4.79 Å². The lowest BCUT2D eigenvalue weighted by atomic mass is 9.95. The topological polar surface area (TPSA) is 50.7 Å². The fourth-order valence-electron chi connectivity index (χ4n) is 3.64. The molecule has 1 heterocycles. The molecule has 1 aliphatic rings. The minimum atomic E-state index is -0.0739. The standard InChI is InChI=1S/C26H28N2O2S/c1-18(2)17-30-21-14-12-19(13-15-21)16-27-26-24(22-10-6-7-11-23(22)31-26)25(29)28-20-8-4-3-5-9-20/h3-5,8-9,12-16,18H,6-7,10-11,17H2,1-2H3,(H,28,29). The number of fused-ring (bicyclic) bond motifs is 1. The van der Waals surface area contributed by atoms with E-state index in [2.05, 4.69) is 19.2 Å². The van der Waals surface area contributed by atoms with E-state index >= 15 is 0 Å². The molecule has 1 aromatic heterocycles. The highest BCUT2D eigenvalue weighted by Crippen LogP contribution is 2.40. The van der Waals surface area contributed by atoms with Gasteiger partial charge in [-0.05, 0) is 79.1 Å². The van der Waals surface area contributed by atoms with E-state index in [-0.39, 0.29) is 5.91 Å². The number of thiophene rings is 1. The van der Waals surface area contributed by atoms with Crippen molar-refractivity contribution in [2.24, 2.45) is 10.9 Å². The number of hydrogen-bond acceptors (Lipinski definition) is 4. The molecule has 0 saturated carbocycles. The van der Waals surface area contributed by atoms with Gasteiger partial charge in [0, 0.05) is 16.8 Å². The minimum absolute atomic E-state index is 0.0739. The largest absolute Gasteiger partial charge is 0.493 e. The van der Waals surface area contributed by atoms with Crippen LogP contribution in [-0.2, 0) is 12.8 Å². The number of aliphatic imine (C=N–C) groups is 1. The molecule has 4 rings (SSSR count). The van der Waals surface area contributed by atoms with Crippen LogP contribution in [0.4, 0.5) is 10.7 Å². The Labute approximate surface area is 188 Å². The van der Waals surface area contributed by atoms with Crippen molar-refractivity contribution >= 4 is 34.1 Å². The van der Waals surface area contributed by atoms with Crippen LogP contribution >= 0.6 is 11.3 Å². The second kappa shape index (κ2) is 9.92. The van der Waals surface area contributed by atoms with Gasteiger partial charge in [0.1, 0.15) is 10.8 Å². The fraction of sp³-hybridized carbons (Fsp3) is 0.308. The molecule has 31 heavy (non-hydrogen) atoms. The molecule has 0 saturated heterocycles. The number of anilines is 1. The number of para-hydroxylation sites is 1. The molecule has 1 amide bonds. The molecular formula is C26H28N2O2S. The second-order valence-corrected chi connectivity index (χ2v) is 9.33. The summed E-state index contributed by atoms with van der Waals surface area (Å²) in [5, 5.41) is 3.83. The van der Waals surface area contributed by atoms with Crippen LogP contribution in [0.15, 0.2) is 59.6 Å². The first-order valence-electron chi connectivity index (χ1n) is 10.9. The lowest BCUT2D eigenvalue weighted by Crippen LogP contribution is -2.14. The predicted octanol–water partition coefficient (Wildman–Crippen LogP) is 6.66. The Morgan fingerprint density at radius 2 is 1.84 bits per heavy atom. The van der Waals surface area contributed by atoms with E-state index in [4.69, 9.17) is 9.73 Å². The van der Waals surface area contributed by atoms with Gasteiger partial charge in [-0.15, -0.1) is 11.3 Å². The third-order valence-electron chi connectivity index (χ3n) is 5.21. The highest BCUT2D eigenvalue weighted by Gasteiger charge is 2.25. The van der Waals surface area contributed by atoms with Crippen LogP contribution in [0.1, 0.15) is 53.1 Å². The lowest BCUT2D eigenvalue weighted by Gasteiger charge is -2.12. The Kier molecular flexibility index (Phi) is 6.82. The van der Waals surface area contributed by atoms with Crippen molar-refractivity contribution in [1.29, 1.82) is 0 Å². The molecule has 0 aliphatic heterocycles. The molecule has 4 nitrogen and oxygen atoms in total. The number of rotatable bonds is 7. The van der Waals surface area contributed by atoms with E-state index < -0.39 is 0 Å². The van der Waals surface area contributed by atoms with Crippen LogP contribution in [0, 0.1) is 5.92 Å². The van der Waals surface area contributed by atoms with E-state index in [1.807, 2.05) is 60.8 Å². The SMILES string of the molecule is CC(C)COc1ccc(C=Nc2sc3c(c2C(=O)Nc2ccccc2)CCCC3)cc1. The summed E-state index contributed by atoms with van der Waals surface area (Å²) in [7, 11) is 0. The molecule has 1 N–H and O–H groups in total. The molecule has 0 fully saturated rings. The van der Waals surface area contributed by atoms with Crippen LogP contribution in [0.2, 0.25) is 0 Å². The second-order valence-electron chi connectivity index (χ2n) is 8.24. The zero-order chi connectivity index (χ0) is 21.6. The van der Waals surface area contributed by atoms with Crippen molar-refractivity contribution in [3.8, 4) is 5.75 Å². The van der Waals surface area contributed by atoms with Gasteiger partial charge >= 0.3 is 0 Å². The van der Waals surface area contributed by atoms with Crippen LogP contribution in [0.25, 0.3) is 0 Å². The van der Waals surface area contributed by atoms with Crippen molar-refractivity contribution in [3.63, 3.8) is 0 Å². The lowest BCUT2D eigenvalue weighted by molar-refractivity contribution is 0.102. The van der Waals surface area contributed by atoms with Gasteiger partial charge in [-0.25, -0.2) is 4.99 Å². The summed E-state index contributed by atoms with van der Waals surface area (Å²) in [6.45, 7) is 4.97. The summed E-state index contributed by atoms with van der Waals surface area (Å²) >= 11 is 1.65. The summed E-state index contributed by atoms with van der Waals surface area (Å²) in [5.74, 6) is 1.28. The molecule has 0 unspecified atom stereocenters. The van der Waals surface area contributed by atoms with Gasteiger partial charge in [0.05, 0.1) is 12.2 Å². The normalized spacial score (nSPS) is 13.4.